The van der Waals surface area contributed by atoms with Crippen molar-refractivity contribution < 1.29 is 9.47 Å². The van der Waals surface area contributed by atoms with E-state index in [1.807, 2.05) is 60.7 Å². The van der Waals surface area contributed by atoms with Crippen LogP contribution in [0, 0.1) is 0 Å². The fraction of sp³-hybridized carbons (Fsp3) is 0.182. The zero-order valence-electron chi connectivity index (χ0n) is 16.0. The molecule has 28 heavy (non-hydrogen) atoms. The molecule has 0 spiro atoms. The lowest BCUT2D eigenvalue weighted by atomic mass is 10.2. The first-order valence-corrected chi connectivity index (χ1v) is 9.30. The van der Waals surface area contributed by atoms with E-state index in [0.29, 0.717) is 18.2 Å². The molecule has 144 valence electrons. The lowest BCUT2D eigenvalue weighted by Gasteiger charge is -2.26. The second-order valence-electron chi connectivity index (χ2n) is 6.22. The lowest BCUT2D eigenvalue weighted by Crippen LogP contribution is -2.33. The molecule has 1 aromatic heterocycles. The van der Waals surface area contributed by atoms with Gasteiger partial charge in [-0.2, -0.15) is 0 Å². The number of aromatic nitrogens is 1. The average molecular weight is 394 g/mol. The topological polar surface area (TPSA) is 46.6 Å². The molecule has 3 rings (SSSR count). The number of hydrogen-bond donors (Lipinski definition) is 1. The molecule has 3 aromatic rings. The van der Waals surface area contributed by atoms with Crippen LogP contribution in [-0.2, 0) is 13.1 Å². The summed E-state index contributed by atoms with van der Waals surface area (Å²) in [6.07, 6.45) is 3.58. The maximum Gasteiger partial charge on any atom is 0.174 e. The molecule has 0 atom stereocenters. The van der Waals surface area contributed by atoms with E-state index in [1.165, 1.54) is 0 Å². The number of methoxy groups -OCH3 is 2. The van der Waals surface area contributed by atoms with Gasteiger partial charge in [0.15, 0.2) is 5.11 Å². The third-order valence-electron chi connectivity index (χ3n) is 4.26. The molecule has 0 saturated carbocycles. The van der Waals surface area contributed by atoms with E-state index in [0.717, 1.165) is 28.3 Å². The molecule has 0 aliphatic rings. The molecule has 0 fully saturated rings. The van der Waals surface area contributed by atoms with Crippen LogP contribution in [-0.4, -0.2) is 29.2 Å². The molecule has 1 N–H and O–H groups in total. The Morgan fingerprint density at radius 2 is 1.54 bits per heavy atom. The Morgan fingerprint density at radius 3 is 2.18 bits per heavy atom. The van der Waals surface area contributed by atoms with Crippen molar-refractivity contribution in [1.82, 2.24) is 9.88 Å². The van der Waals surface area contributed by atoms with Gasteiger partial charge in [0.2, 0.25) is 0 Å². The summed E-state index contributed by atoms with van der Waals surface area (Å²) in [7, 11) is 3.31. The first kappa shape index (κ1) is 19.6. The van der Waals surface area contributed by atoms with Gasteiger partial charge in [0, 0.05) is 37.2 Å². The molecule has 0 aliphatic heterocycles. The molecule has 0 saturated heterocycles. The van der Waals surface area contributed by atoms with Gasteiger partial charge >= 0.3 is 0 Å². The predicted molar refractivity (Wildman–Crippen MR) is 116 cm³/mol. The highest BCUT2D eigenvalue weighted by molar-refractivity contribution is 7.80. The van der Waals surface area contributed by atoms with Crippen molar-refractivity contribution in [2.45, 2.75) is 13.1 Å². The summed E-state index contributed by atoms with van der Waals surface area (Å²) in [5.41, 5.74) is 3.17. The quantitative estimate of drug-likeness (QED) is 0.597. The highest BCUT2D eigenvalue weighted by Gasteiger charge is 2.12. The summed E-state index contributed by atoms with van der Waals surface area (Å²) in [5.74, 6) is 1.62. The molecule has 1 heterocycles. The van der Waals surface area contributed by atoms with Crippen molar-refractivity contribution in [1.29, 1.82) is 0 Å². The van der Waals surface area contributed by atoms with Gasteiger partial charge in [-0.05, 0) is 59.7 Å². The van der Waals surface area contributed by atoms with E-state index >= 15 is 0 Å². The highest BCUT2D eigenvalue weighted by atomic mass is 32.1. The Hall–Kier alpha value is -3.12. The maximum atomic E-state index is 5.72. The number of nitrogens with zero attached hydrogens (tertiary/aromatic N) is 2. The average Bonchev–Trinajstić information content (AvgIpc) is 2.74. The SMILES string of the molecule is COc1ccc(CN(Cc2ccncc2)C(=S)Nc2cccc(OC)c2)cc1. The van der Waals surface area contributed by atoms with E-state index in [-0.39, 0.29) is 0 Å². The Kier molecular flexibility index (Phi) is 6.81. The molecular formula is C22H23N3O2S. The maximum absolute atomic E-state index is 5.72. The van der Waals surface area contributed by atoms with Crippen molar-refractivity contribution >= 4 is 23.0 Å². The number of anilines is 1. The molecule has 6 heteroatoms. The van der Waals surface area contributed by atoms with Crippen molar-refractivity contribution in [3.8, 4) is 11.5 Å². The third-order valence-corrected chi connectivity index (χ3v) is 4.62. The summed E-state index contributed by atoms with van der Waals surface area (Å²) in [6, 6.07) is 19.7. The van der Waals surface area contributed by atoms with Gasteiger partial charge in [-0.3, -0.25) is 4.98 Å². The van der Waals surface area contributed by atoms with Gasteiger partial charge in [0.1, 0.15) is 11.5 Å². The first-order chi connectivity index (χ1) is 13.7. The number of nitrogens with one attached hydrogen (secondary N) is 1. The summed E-state index contributed by atoms with van der Waals surface area (Å²) < 4.78 is 10.5. The number of rotatable bonds is 7. The van der Waals surface area contributed by atoms with Gasteiger partial charge < -0.3 is 19.7 Å². The normalized spacial score (nSPS) is 10.2. The second kappa shape index (κ2) is 9.71. The highest BCUT2D eigenvalue weighted by Crippen LogP contribution is 2.19. The van der Waals surface area contributed by atoms with E-state index in [2.05, 4.69) is 15.2 Å². The Morgan fingerprint density at radius 1 is 0.893 bits per heavy atom. The number of thiocarbonyl (C=S) groups is 1. The van der Waals surface area contributed by atoms with Crippen LogP contribution in [0.1, 0.15) is 11.1 Å². The number of benzene rings is 2. The molecule has 0 amide bonds. The Bertz CT molecular complexity index is 901. The fourth-order valence-corrected chi connectivity index (χ4v) is 3.01. The lowest BCUT2D eigenvalue weighted by molar-refractivity contribution is 0.407. The van der Waals surface area contributed by atoms with Crippen molar-refractivity contribution in [2.24, 2.45) is 0 Å². The van der Waals surface area contributed by atoms with Crippen molar-refractivity contribution in [3.05, 3.63) is 84.2 Å². The minimum Gasteiger partial charge on any atom is -0.497 e. The number of ether oxygens (including phenoxy) is 2. The first-order valence-electron chi connectivity index (χ1n) is 8.90. The minimum absolute atomic E-state index is 0.640. The number of hydrogen-bond acceptors (Lipinski definition) is 4. The monoisotopic (exact) mass is 393 g/mol. The standard InChI is InChI=1S/C22H23N3O2S/c1-26-20-8-6-17(7-9-20)15-25(16-18-10-12-23-13-11-18)22(28)24-19-4-3-5-21(14-19)27-2/h3-14H,15-16H2,1-2H3,(H,24,28). The van der Waals surface area contributed by atoms with Gasteiger partial charge in [0.25, 0.3) is 0 Å². The van der Waals surface area contributed by atoms with E-state index in [9.17, 15) is 0 Å². The minimum atomic E-state index is 0.640. The van der Waals surface area contributed by atoms with Gasteiger partial charge in [0.05, 0.1) is 14.2 Å². The largest absolute Gasteiger partial charge is 0.497 e. The smallest absolute Gasteiger partial charge is 0.174 e. The van der Waals surface area contributed by atoms with Crippen molar-refractivity contribution in [3.63, 3.8) is 0 Å². The molecular weight excluding hydrogens is 370 g/mol. The predicted octanol–water partition coefficient (Wildman–Crippen LogP) is 4.50. The summed E-state index contributed by atoms with van der Waals surface area (Å²) >= 11 is 5.72. The molecule has 0 bridgehead atoms. The fourth-order valence-electron chi connectivity index (χ4n) is 2.76. The van der Waals surface area contributed by atoms with Crippen LogP contribution >= 0.6 is 12.2 Å². The molecule has 2 aromatic carbocycles. The van der Waals surface area contributed by atoms with Crippen molar-refractivity contribution in [2.75, 3.05) is 19.5 Å². The number of pyridine rings is 1. The van der Waals surface area contributed by atoms with Crippen LogP contribution in [0.25, 0.3) is 0 Å². The van der Waals surface area contributed by atoms with Gasteiger partial charge in [-0.15, -0.1) is 0 Å². The zero-order chi connectivity index (χ0) is 19.8. The second-order valence-corrected chi connectivity index (χ2v) is 6.61. The van der Waals surface area contributed by atoms with E-state index in [1.54, 1.807) is 26.6 Å². The van der Waals surface area contributed by atoms with Crippen LogP contribution in [0.15, 0.2) is 73.1 Å². The van der Waals surface area contributed by atoms with Crippen LogP contribution < -0.4 is 14.8 Å². The third kappa shape index (κ3) is 5.44. The van der Waals surface area contributed by atoms with Crippen LogP contribution in [0.3, 0.4) is 0 Å². The summed E-state index contributed by atoms with van der Waals surface area (Å²) in [4.78, 5) is 6.21. The van der Waals surface area contributed by atoms with E-state index < -0.39 is 0 Å². The van der Waals surface area contributed by atoms with Gasteiger partial charge in [-0.1, -0.05) is 18.2 Å². The summed E-state index contributed by atoms with van der Waals surface area (Å²) in [5, 5.41) is 3.96. The van der Waals surface area contributed by atoms with E-state index in [4.69, 9.17) is 21.7 Å². The Balaban J connectivity index is 1.78. The van der Waals surface area contributed by atoms with Crippen LogP contribution in [0.2, 0.25) is 0 Å². The molecule has 0 radical (unpaired) electrons. The Labute approximate surface area is 170 Å². The van der Waals surface area contributed by atoms with Crippen LogP contribution in [0.4, 0.5) is 5.69 Å². The van der Waals surface area contributed by atoms with Gasteiger partial charge in [-0.25, -0.2) is 0 Å². The van der Waals surface area contributed by atoms with Crippen LogP contribution in [0.5, 0.6) is 11.5 Å². The molecule has 0 unspecified atom stereocenters. The molecule has 5 nitrogen and oxygen atoms in total. The summed E-state index contributed by atoms with van der Waals surface area (Å²) in [6.45, 7) is 1.34. The zero-order valence-corrected chi connectivity index (χ0v) is 16.8. The molecule has 0 aliphatic carbocycles.